The molecular weight excluding hydrogens is 280 g/mol. The summed E-state index contributed by atoms with van der Waals surface area (Å²) in [5.74, 6) is 0. The van der Waals surface area contributed by atoms with Crippen LogP contribution in [0.3, 0.4) is 0 Å². The zero-order valence-electron chi connectivity index (χ0n) is 16.3. The Morgan fingerprint density at radius 3 is 1.52 bits per heavy atom. The van der Waals surface area contributed by atoms with E-state index in [4.69, 9.17) is 0 Å². The Kier molecular flexibility index (Phi) is 21.0. The minimum atomic E-state index is 0.999. The van der Waals surface area contributed by atoms with Crippen LogP contribution in [0.25, 0.3) is 0 Å². The molecule has 0 aromatic heterocycles. The second kappa shape index (κ2) is 21.5. The molecule has 2 heteroatoms. The van der Waals surface area contributed by atoms with Gasteiger partial charge < -0.3 is 5.32 Å². The fraction of sp³-hybridized carbons (Fsp3) is 0.952. The second-order valence-corrected chi connectivity index (χ2v) is 6.94. The van der Waals surface area contributed by atoms with Crippen molar-refractivity contribution in [2.75, 3.05) is 13.1 Å². The average molecular weight is 325 g/mol. The Morgan fingerprint density at radius 1 is 0.565 bits per heavy atom. The monoisotopic (exact) mass is 324 g/mol. The smallest absolute Gasteiger partial charge is 0.0823 e. The van der Waals surface area contributed by atoms with Crippen LogP contribution in [0.1, 0.15) is 117 Å². The predicted octanol–water partition coefficient (Wildman–Crippen LogP) is 6.89. The van der Waals surface area contributed by atoms with Gasteiger partial charge in [0.05, 0.1) is 6.34 Å². The highest BCUT2D eigenvalue weighted by Crippen LogP contribution is 2.08. The van der Waals surface area contributed by atoms with Gasteiger partial charge in [0.1, 0.15) is 0 Å². The minimum Gasteiger partial charge on any atom is -0.376 e. The largest absolute Gasteiger partial charge is 0.376 e. The first kappa shape index (κ1) is 22.5. The van der Waals surface area contributed by atoms with Crippen LogP contribution in [-0.2, 0) is 0 Å². The van der Waals surface area contributed by atoms with Gasteiger partial charge in [-0.05, 0) is 12.8 Å². The maximum atomic E-state index is 4.45. The van der Waals surface area contributed by atoms with Crippen molar-refractivity contribution in [3.05, 3.63) is 0 Å². The van der Waals surface area contributed by atoms with E-state index in [-0.39, 0.29) is 0 Å². The van der Waals surface area contributed by atoms with Gasteiger partial charge in [-0.1, -0.05) is 104 Å². The number of hydrogen-bond donors (Lipinski definition) is 1. The topological polar surface area (TPSA) is 24.4 Å². The van der Waals surface area contributed by atoms with Crippen molar-refractivity contribution >= 4 is 6.34 Å². The molecule has 0 rings (SSSR count). The Balaban J connectivity index is 3.03. The van der Waals surface area contributed by atoms with Gasteiger partial charge >= 0.3 is 0 Å². The number of hydrogen-bond acceptors (Lipinski definition) is 1. The Labute approximate surface area is 146 Å². The summed E-state index contributed by atoms with van der Waals surface area (Å²) in [4.78, 5) is 4.45. The summed E-state index contributed by atoms with van der Waals surface area (Å²) in [6.45, 7) is 6.65. The molecule has 0 heterocycles. The molecular formula is C21H44N2. The van der Waals surface area contributed by atoms with Crippen molar-refractivity contribution in [2.45, 2.75) is 117 Å². The fourth-order valence-corrected chi connectivity index (χ4v) is 2.89. The molecule has 0 aromatic carbocycles. The molecule has 0 fully saturated rings. The van der Waals surface area contributed by atoms with E-state index in [1.807, 2.05) is 6.34 Å². The normalized spacial score (nSPS) is 11.4. The molecule has 0 radical (unpaired) electrons. The summed E-state index contributed by atoms with van der Waals surface area (Å²) in [6, 6.07) is 0. The first-order valence-electron chi connectivity index (χ1n) is 10.6. The molecule has 0 atom stereocenters. The van der Waals surface area contributed by atoms with Crippen LogP contribution in [0, 0.1) is 0 Å². The molecule has 23 heavy (non-hydrogen) atoms. The van der Waals surface area contributed by atoms with Gasteiger partial charge in [0.15, 0.2) is 0 Å². The van der Waals surface area contributed by atoms with E-state index in [0.717, 1.165) is 13.1 Å². The zero-order valence-corrected chi connectivity index (χ0v) is 16.3. The van der Waals surface area contributed by atoms with Crippen molar-refractivity contribution < 1.29 is 0 Å². The number of nitrogens with zero attached hydrogens (tertiary/aromatic N) is 1. The third-order valence-electron chi connectivity index (χ3n) is 4.50. The lowest BCUT2D eigenvalue weighted by Crippen LogP contribution is -2.12. The molecule has 0 aliphatic carbocycles. The second-order valence-electron chi connectivity index (χ2n) is 6.94. The Hall–Kier alpha value is -0.530. The Bertz CT molecular complexity index is 226. The van der Waals surface area contributed by atoms with E-state index in [0.29, 0.717) is 0 Å². The van der Waals surface area contributed by atoms with Gasteiger partial charge in [-0.25, -0.2) is 0 Å². The van der Waals surface area contributed by atoms with Gasteiger partial charge in [-0.3, -0.25) is 4.99 Å². The van der Waals surface area contributed by atoms with Crippen LogP contribution >= 0.6 is 0 Å². The SMILES string of the molecule is CCCCCCCCCCN=CNCCCCCCCCCC. The maximum absolute atomic E-state index is 4.45. The number of nitrogens with one attached hydrogen (secondary N) is 1. The van der Waals surface area contributed by atoms with Crippen molar-refractivity contribution in [3.8, 4) is 0 Å². The van der Waals surface area contributed by atoms with Crippen LogP contribution in [0.4, 0.5) is 0 Å². The lowest BCUT2D eigenvalue weighted by molar-refractivity contribution is 0.572. The first-order chi connectivity index (χ1) is 11.4. The van der Waals surface area contributed by atoms with Crippen molar-refractivity contribution in [1.82, 2.24) is 5.32 Å². The van der Waals surface area contributed by atoms with E-state index >= 15 is 0 Å². The van der Waals surface area contributed by atoms with Crippen molar-refractivity contribution in [2.24, 2.45) is 4.99 Å². The molecule has 0 saturated heterocycles. The lowest BCUT2D eigenvalue weighted by Gasteiger charge is -2.02. The standard InChI is InChI=1S/C21H44N2/c1-3-5-7-9-11-13-15-17-19-22-21-23-20-18-16-14-12-10-8-6-4-2/h21H,3-20H2,1-2H3,(H,22,23). The summed E-state index contributed by atoms with van der Waals surface area (Å²) < 4.78 is 0. The molecule has 2 nitrogen and oxygen atoms in total. The average Bonchev–Trinajstić information content (AvgIpc) is 2.57. The molecule has 0 aromatic rings. The van der Waals surface area contributed by atoms with E-state index in [1.165, 1.54) is 103 Å². The number of aliphatic imine (C=N–C) groups is 1. The fourth-order valence-electron chi connectivity index (χ4n) is 2.89. The molecule has 0 unspecified atom stereocenters. The van der Waals surface area contributed by atoms with E-state index < -0.39 is 0 Å². The first-order valence-corrected chi connectivity index (χ1v) is 10.6. The number of unbranched alkanes of at least 4 members (excludes halogenated alkanes) is 14. The van der Waals surface area contributed by atoms with E-state index in [2.05, 4.69) is 24.2 Å². The highest BCUT2D eigenvalue weighted by Gasteiger charge is 1.92. The molecule has 0 spiro atoms. The third kappa shape index (κ3) is 21.5. The van der Waals surface area contributed by atoms with Crippen LogP contribution in [-0.4, -0.2) is 19.4 Å². The molecule has 0 aliphatic heterocycles. The molecule has 0 saturated carbocycles. The van der Waals surface area contributed by atoms with Gasteiger partial charge in [-0.15, -0.1) is 0 Å². The van der Waals surface area contributed by atoms with E-state index in [9.17, 15) is 0 Å². The molecule has 0 aliphatic rings. The maximum Gasteiger partial charge on any atom is 0.0823 e. The molecule has 0 amide bonds. The minimum absolute atomic E-state index is 0.999. The third-order valence-corrected chi connectivity index (χ3v) is 4.50. The summed E-state index contributed by atoms with van der Waals surface area (Å²) in [5.41, 5.74) is 0. The molecule has 0 bridgehead atoms. The quantitative estimate of drug-likeness (QED) is 0.156. The van der Waals surface area contributed by atoms with Crippen molar-refractivity contribution in [3.63, 3.8) is 0 Å². The lowest BCUT2D eigenvalue weighted by atomic mass is 10.1. The predicted molar refractivity (Wildman–Crippen MR) is 107 cm³/mol. The zero-order chi connectivity index (χ0) is 16.8. The molecule has 1 N–H and O–H groups in total. The summed E-state index contributed by atoms with van der Waals surface area (Å²) in [7, 11) is 0. The van der Waals surface area contributed by atoms with Crippen LogP contribution in [0.5, 0.6) is 0 Å². The highest BCUT2D eigenvalue weighted by atomic mass is 14.9. The van der Waals surface area contributed by atoms with Crippen LogP contribution < -0.4 is 5.32 Å². The van der Waals surface area contributed by atoms with Gasteiger partial charge in [-0.2, -0.15) is 0 Å². The Morgan fingerprint density at radius 2 is 1.00 bits per heavy atom. The van der Waals surface area contributed by atoms with E-state index in [1.54, 1.807) is 0 Å². The van der Waals surface area contributed by atoms with Gasteiger partial charge in [0.2, 0.25) is 0 Å². The van der Waals surface area contributed by atoms with Crippen LogP contribution in [0.2, 0.25) is 0 Å². The summed E-state index contributed by atoms with van der Waals surface area (Å²) in [5, 5.41) is 3.33. The van der Waals surface area contributed by atoms with Crippen molar-refractivity contribution in [1.29, 1.82) is 0 Å². The highest BCUT2D eigenvalue weighted by molar-refractivity contribution is 5.53. The summed E-state index contributed by atoms with van der Waals surface area (Å²) in [6.07, 6.45) is 24.1. The van der Waals surface area contributed by atoms with Gasteiger partial charge in [0.25, 0.3) is 0 Å². The van der Waals surface area contributed by atoms with Crippen LogP contribution in [0.15, 0.2) is 4.99 Å². The summed E-state index contributed by atoms with van der Waals surface area (Å²) >= 11 is 0. The number of rotatable bonds is 19. The van der Waals surface area contributed by atoms with Gasteiger partial charge in [0, 0.05) is 13.1 Å². The molecule has 138 valence electrons.